The molecule has 0 amide bonds. The number of hydrogen-bond acceptors (Lipinski definition) is 5. The van der Waals surface area contributed by atoms with E-state index in [1.807, 2.05) is 6.92 Å². The molecule has 0 saturated heterocycles. The summed E-state index contributed by atoms with van der Waals surface area (Å²) in [5.41, 5.74) is 1.72. The second kappa shape index (κ2) is 7.64. The van der Waals surface area contributed by atoms with Gasteiger partial charge in [-0.2, -0.15) is 0 Å². The van der Waals surface area contributed by atoms with E-state index in [1.165, 1.54) is 14.2 Å². The third-order valence-corrected chi connectivity index (χ3v) is 3.70. The largest absolute Gasteiger partial charge is 0.496 e. The van der Waals surface area contributed by atoms with E-state index in [9.17, 15) is 9.59 Å². The van der Waals surface area contributed by atoms with Gasteiger partial charge in [0, 0.05) is 17.5 Å². The lowest BCUT2D eigenvalue weighted by molar-refractivity contribution is 0.0734. The van der Waals surface area contributed by atoms with Crippen LogP contribution in [0.4, 0.5) is 0 Å². The molecule has 0 fully saturated rings. The van der Waals surface area contributed by atoms with Crippen molar-refractivity contribution in [1.29, 1.82) is 0 Å². The van der Waals surface area contributed by atoms with Crippen molar-refractivity contribution in [2.75, 3.05) is 14.2 Å². The number of ketones is 1. The first-order valence-electron chi connectivity index (χ1n) is 7.58. The fourth-order valence-electron chi connectivity index (χ4n) is 2.28. The van der Waals surface area contributed by atoms with Crippen LogP contribution in [0, 0.1) is 6.92 Å². The Kier molecular flexibility index (Phi) is 5.58. The monoisotopic (exact) mass is 328 g/mol. The summed E-state index contributed by atoms with van der Waals surface area (Å²) in [5.74, 6) is 0.976. The van der Waals surface area contributed by atoms with Crippen LogP contribution in [-0.4, -0.2) is 26.0 Å². The number of Topliss-reactive ketones (excluding diaryl/α,β-unsaturated/α-hetero) is 1. The molecule has 2 aromatic rings. The molecule has 5 nitrogen and oxygen atoms in total. The van der Waals surface area contributed by atoms with E-state index >= 15 is 0 Å². The lowest BCUT2D eigenvalue weighted by atomic mass is 10.1. The molecule has 24 heavy (non-hydrogen) atoms. The molecule has 0 N–H and O–H groups in total. The first-order chi connectivity index (χ1) is 11.5. The molecule has 0 spiro atoms. The second-order valence-corrected chi connectivity index (χ2v) is 5.20. The van der Waals surface area contributed by atoms with E-state index in [-0.39, 0.29) is 5.78 Å². The van der Waals surface area contributed by atoms with Gasteiger partial charge in [0.25, 0.3) is 0 Å². The van der Waals surface area contributed by atoms with Gasteiger partial charge in [-0.1, -0.05) is 6.92 Å². The Morgan fingerprint density at radius 3 is 1.92 bits per heavy atom. The normalized spacial score (nSPS) is 10.2. The highest BCUT2D eigenvalue weighted by atomic mass is 16.5. The smallest absolute Gasteiger partial charge is 0.343 e. The first kappa shape index (κ1) is 17.5. The maximum atomic E-state index is 12.3. The molecule has 0 bridgehead atoms. The van der Waals surface area contributed by atoms with Gasteiger partial charge in [0.05, 0.1) is 19.8 Å². The topological polar surface area (TPSA) is 61.8 Å². The van der Waals surface area contributed by atoms with Crippen LogP contribution >= 0.6 is 0 Å². The quantitative estimate of drug-likeness (QED) is 0.458. The summed E-state index contributed by atoms with van der Waals surface area (Å²) in [4.78, 5) is 23.9. The average Bonchev–Trinajstić information content (AvgIpc) is 2.61. The minimum atomic E-state index is -0.527. The summed E-state index contributed by atoms with van der Waals surface area (Å²) in [6.45, 7) is 3.64. The zero-order valence-electron chi connectivity index (χ0n) is 14.2. The standard InChI is InChI=1S/C19H20O5/c1-5-16(20)13-6-8-15(9-7-13)24-19(21)14-10-17(22-3)12(2)18(11-14)23-4/h6-11H,5H2,1-4H3. The molecule has 0 unspecified atom stereocenters. The molecule has 0 aliphatic rings. The molecule has 5 heteroatoms. The fraction of sp³-hybridized carbons (Fsp3) is 0.263. The van der Waals surface area contributed by atoms with Gasteiger partial charge in [0.15, 0.2) is 5.78 Å². The predicted molar refractivity (Wildman–Crippen MR) is 90.3 cm³/mol. The van der Waals surface area contributed by atoms with Crippen LogP contribution in [0.3, 0.4) is 0 Å². The van der Waals surface area contributed by atoms with Crippen LogP contribution in [0.15, 0.2) is 36.4 Å². The van der Waals surface area contributed by atoms with E-state index < -0.39 is 5.97 Å². The van der Waals surface area contributed by atoms with Crippen LogP contribution in [-0.2, 0) is 0 Å². The van der Waals surface area contributed by atoms with Crippen molar-refractivity contribution >= 4 is 11.8 Å². The Hall–Kier alpha value is -2.82. The molecule has 0 aliphatic carbocycles. The highest BCUT2D eigenvalue weighted by Crippen LogP contribution is 2.30. The Morgan fingerprint density at radius 2 is 1.46 bits per heavy atom. The van der Waals surface area contributed by atoms with Gasteiger partial charge in [0.2, 0.25) is 0 Å². The van der Waals surface area contributed by atoms with Gasteiger partial charge < -0.3 is 14.2 Å². The molecular formula is C19H20O5. The van der Waals surface area contributed by atoms with Gasteiger partial charge in [0.1, 0.15) is 17.2 Å². The zero-order chi connectivity index (χ0) is 17.7. The second-order valence-electron chi connectivity index (χ2n) is 5.20. The third kappa shape index (κ3) is 3.74. The van der Waals surface area contributed by atoms with Crippen LogP contribution in [0.5, 0.6) is 17.2 Å². The SMILES string of the molecule is CCC(=O)c1ccc(OC(=O)c2cc(OC)c(C)c(OC)c2)cc1. The summed E-state index contributed by atoms with van der Waals surface area (Å²) in [6, 6.07) is 9.70. The number of methoxy groups -OCH3 is 2. The number of ether oxygens (including phenoxy) is 3. The van der Waals surface area contributed by atoms with Gasteiger partial charge in [-0.3, -0.25) is 4.79 Å². The predicted octanol–water partition coefficient (Wildman–Crippen LogP) is 3.82. The number of hydrogen-bond donors (Lipinski definition) is 0. The molecular weight excluding hydrogens is 308 g/mol. The summed E-state index contributed by atoms with van der Waals surface area (Å²) in [7, 11) is 3.06. The van der Waals surface area contributed by atoms with Gasteiger partial charge in [-0.05, 0) is 43.3 Å². The zero-order valence-corrected chi connectivity index (χ0v) is 14.2. The molecule has 0 aromatic heterocycles. The maximum Gasteiger partial charge on any atom is 0.343 e. The highest BCUT2D eigenvalue weighted by Gasteiger charge is 2.15. The van der Waals surface area contributed by atoms with Crippen molar-refractivity contribution < 1.29 is 23.8 Å². The van der Waals surface area contributed by atoms with E-state index in [0.29, 0.717) is 34.8 Å². The van der Waals surface area contributed by atoms with Crippen molar-refractivity contribution in [3.05, 3.63) is 53.1 Å². The van der Waals surface area contributed by atoms with E-state index in [2.05, 4.69) is 0 Å². The molecule has 2 aromatic carbocycles. The van der Waals surface area contributed by atoms with Crippen molar-refractivity contribution in [3.63, 3.8) is 0 Å². The van der Waals surface area contributed by atoms with Crippen LogP contribution in [0.2, 0.25) is 0 Å². The number of esters is 1. The Morgan fingerprint density at radius 1 is 0.917 bits per heavy atom. The van der Waals surface area contributed by atoms with Crippen molar-refractivity contribution in [3.8, 4) is 17.2 Å². The third-order valence-electron chi connectivity index (χ3n) is 3.70. The van der Waals surface area contributed by atoms with Gasteiger partial charge in [-0.25, -0.2) is 4.79 Å². The summed E-state index contributed by atoms with van der Waals surface area (Å²) < 4.78 is 15.9. The molecule has 0 heterocycles. The van der Waals surface area contributed by atoms with Gasteiger partial charge in [-0.15, -0.1) is 0 Å². The fourth-order valence-corrected chi connectivity index (χ4v) is 2.28. The van der Waals surface area contributed by atoms with Crippen molar-refractivity contribution in [2.45, 2.75) is 20.3 Å². The lowest BCUT2D eigenvalue weighted by Gasteiger charge is -2.12. The maximum absolute atomic E-state index is 12.3. The van der Waals surface area contributed by atoms with E-state index in [1.54, 1.807) is 43.3 Å². The molecule has 0 aliphatic heterocycles. The molecule has 0 radical (unpaired) electrons. The number of carbonyl (C=O) groups excluding carboxylic acids is 2. The minimum absolute atomic E-state index is 0.0425. The molecule has 2 rings (SSSR count). The molecule has 0 atom stereocenters. The average molecular weight is 328 g/mol. The van der Waals surface area contributed by atoms with Crippen LogP contribution in [0.25, 0.3) is 0 Å². The number of rotatable bonds is 6. The van der Waals surface area contributed by atoms with E-state index in [4.69, 9.17) is 14.2 Å². The lowest BCUT2D eigenvalue weighted by Crippen LogP contribution is -2.10. The molecule has 0 saturated carbocycles. The first-order valence-corrected chi connectivity index (χ1v) is 7.58. The van der Waals surface area contributed by atoms with Crippen molar-refractivity contribution in [1.82, 2.24) is 0 Å². The van der Waals surface area contributed by atoms with Crippen LogP contribution in [0.1, 0.15) is 39.6 Å². The summed E-state index contributed by atoms with van der Waals surface area (Å²) in [6.07, 6.45) is 0.433. The number of carbonyl (C=O) groups is 2. The Balaban J connectivity index is 2.22. The Bertz CT molecular complexity index is 722. The minimum Gasteiger partial charge on any atom is -0.496 e. The van der Waals surface area contributed by atoms with Gasteiger partial charge >= 0.3 is 5.97 Å². The van der Waals surface area contributed by atoms with Crippen molar-refractivity contribution in [2.24, 2.45) is 0 Å². The molecule has 126 valence electrons. The summed E-state index contributed by atoms with van der Waals surface area (Å²) in [5, 5.41) is 0. The van der Waals surface area contributed by atoms with E-state index in [0.717, 1.165) is 5.56 Å². The highest BCUT2D eigenvalue weighted by molar-refractivity contribution is 5.96. The van der Waals surface area contributed by atoms with Crippen LogP contribution < -0.4 is 14.2 Å². The summed E-state index contributed by atoms with van der Waals surface area (Å²) >= 11 is 0. The Labute approximate surface area is 141 Å². The number of benzene rings is 2.